The minimum absolute atomic E-state index is 0.319. The first-order valence-corrected chi connectivity index (χ1v) is 13.9. The van der Waals surface area contributed by atoms with Crippen molar-refractivity contribution in [2.45, 2.75) is 63.4 Å². The number of Topliss-reactive ketones (excluding diaryl/α,β-unsaturated/α-hetero) is 1. The zero-order valence-corrected chi connectivity index (χ0v) is 23.4. The van der Waals surface area contributed by atoms with Crippen molar-refractivity contribution in [3.63, 3.8) is 0 Å². The number of hydrogen-bond donors (Lipinski definition) is 4. The molecule has 0 amide bonds. The van der Waals surface area contributed by atoms with E-state index >= 15 is 0 Å². The molecule has 12 heteroatoms. The highest BCUT2D eigenvalue weighted by Gasteiger charge is 2.45. The van der Waals surface area contributed by atoms with Crippen molar-refractivity contribution in [1.29, 1.82) is 0 Å². The highest BCUT2D eigenvalue weighted by atomic mass is 35.5. The second kappa shape index (κ2) is 15.5. The SMILES string of the molecule is CCN(CC)CCCSCC(=O)C1(c2ccc(Cl)c(Cl)c2)CCC1.O=C(O)CC(O)(CC(=O)O)C(=O)O. The number of carboxylic acid groups (broad SMARTS) is 3. The standard InChI is InChI=1S/C19H27Cl2NOS.C6H8O7/c1-3-22(4-2)11-6-12-24-14-18(23)19(9-5-10-19)15-7-8-16(20)17(21)13-15;7-3(8)1-6(13,5(11)12)2-4(9)10/h7-8,13H,3-6,9-12,14H2,1-2H3;13H,1-2H2,(H,7,8)(H,9,10)(H,11,12). The highest BCUT2D eigenvalue weighted by Crippen LogP contribution is 2.46. The molecule has 1 aromatic rings. The third-order valence-corrected chi connectivity index (χ3v) is 8.17. The zero-order chi connectivity index (χ0) is 28.2. The summed E-state index contributed by atoms with van der Waals surface area (Å²) < 4.78 is 0. The van der Waals surface area contributed by atoms with Gasteiger partial charge in [-0.25, -0.2) is 4.79 Å². The number of rotatable bonds is 15. The molecule has 0 atom stereocenters. The molecule has 1 aromatic carbocycles. The van der Waals surface area contributed by atoms with Gasteiger partial charge in [-0.05, 0) is 62.3 Å². The van der Waals surface area contributed by atoms with E-state index in [-0.39, 0.29) is 5.41 Å². The zero-order valence-electron chi connectivity index (χ0n) is 21.0. The number of benzene rings is 1. The van der Waals surface area contributed by atoms with Crippen molar-refractivity contribution >= 4 is 58.7 Å². The van der Waals surface area contributed by atoms with E-state index in [1.165, 1.54) is 0 Å². The van der Waals surface area contributed by atoms with Crippen LogP contribution in [-0.2, 0) is 24.6 Å². The molecular formula is C25H35Cl2NO8S. The molecule has 0 unspecified atom stereocenters. The Labute approximate surface area is 231 Å². The van der Waals surface area contributed by atoms with Crippen molar-refractivity contribution in [2.24, 2.45) is 0 Å². The monoisotopic (exact) mass is 579 g/mol. The predicted molar refractivity (Wildman–Crippen MR) is 144 cm³/mol. The Bertz CT molecular complexity index is 935. The minimum Gasteiger partial charge on any atom is -0.481 e. The van der Waals surface area contributed by atoms with Crippen LogP contribution in [0.3, 0.4) is 0 Å². The van der Waals surface area contributed by atoms with Crippen LogP contribution < -0.4 is 0 Å². The van der Waals surface area contributed by atoms with Gasteiger partial charge in [0.25, 0.3) is 0 Å². The van der Waals surface area contributed by atoms with Gasteiger partial charge in [0.2, 0.25) is 0 Å². The Morgan fingerprint density at radius 2 is 1.57 bits per heavy atom. The van der Waals surface area contributed by atoms with Crippen molar-refractivity contribution in [1.82, 2.24) is 4.90 Å². The summed E-state index contributed by atoms with van der Waals surface area (Å²) >= 11 is 13.9. The Balaban J connectivity index is 0.000000448. The van der Waals surface area contributed by atoms with Crippen LogP contribution in [0.15, 0.2) is 18.2 Å². The summed E-state index contributed by atoms with van der Waals surface area (Å²) in [7, 11) is 0. The van der Waals surface area contributed by atoms with Gasteiger partial charge in [-0.1, -0.05) is 49.5 Å². The molecule has 37 heavy (non-hydrogen) atoms. The van der Waals surface area contributed by atoms with Gasteiger partial charge in [-0.2, -0.15) is 11.8 Å². The summed E-state index contributed by atoms with van der Waals surface area (Å²) in [6, 6.07) is 5.66. The lowest BCUT2D eigenvalue weighted by atomic mass is 9.62. The summed E-state index contributed by atoms with van der Waals surface area (Å²) in [5, 5.41) is 34.9. The van der Waals surface area contributed by atoms with E-state index < -0.39 is 36.4 Å². The van der Waals surface area contributed by atoms with Crippen LogP contribution >= 0.6 is 35.0 Å². The maximum absolute atomic E-state index is 12.8. The van der Waals surface area contributed by atoms with Crippen molar-refractivity contribution < 1.29 is 39.6 Å². The molecular weight excluding hydrogens is 545 g/mol. The number of hydrogen-bond acceptors (Lipinski definition) is 7. The fraction of sp³-hybridized carbons (Fsp3) is 0.600. The number of halogens is 2. The van der Waals surface area contributed by atoms with Crippen molar-refractivity contribution in [3.05, 3.63) is 33.8 Å². The van der Waals surface area contributed by atoms with Crippen LogP contribution in [0.2, 0.25) is 10.0 Å². The smallest absolute Gasteiger partial charge is 0.336 e. The lowest BCUT2D eigenvalue weighted by molar-refractivity contribution is -0.170. The first-order chi connectivity index (χ1) is 17.3. The number of carboxylic acids is 3. The second-order valence-corrected chi connectivity index (χ2v) is 10.8. The maximum Gasteiger partial charge on any atom is 0.336 e. The number of carbonyl (C=O) groups excluding carboxylic acids is 1. The molecule has 0 spiro atoms. The quantitative estimate of drug-likeness (QED) is 0.222. The molecule has 0 aliphatic heterocycles. The summed E-state index contributed by atoms with van der Waals surface area (Å²) in [4.78, 5) is 45.8. The molecule has 9 nitrogen and oxygen atoms in total. The topological polar surface area (TPSA) is 152 Å². The highest BCUT2D eigenvalue weighted by molar-refractivity contribution is 7.99. The molecule has 0 saturated heterocycles. The number of carbonyl (C=O) groups is 4. The number of nitrogens with zero attached hydrogens (tertiary/aromatic N) is 1. The Hall–Kier alpha value is -1.85. The van der Waals surface area contributed by atoms with Gasteiger partial charge in [0.15, 0.2) is 11.4 Å². The first kappa shape index (κ1) is 33.2. The first-order valence-electron chi connectivity index (χ1n) is 12.0. The minimum atomic E-state index is -2.74. The number of aliphatic carboxylic acids is 3. The Morgan fingerprint density at radius 1 is 1.00 bits per heavy atom. The molecule has 4 N–H and O–H groups in total. The molecule has 0 aromatic heterocycles. The van der Waals surface area contributed by atoms with Crippen LogP contribution in [-0.4, -0.2) is 85.8 Å². The average Bonchev–Trinajstić information content (AvgIpc) is 2.77. The second-order valence-electron chi connectivity index (χ2n) is 8.90. The van der Waals surface area contributed by atoms with Crippen molar-refractivity contribution in [2.75, 3.05) is 31.1 Å². The fourth-order valence-electron chi connectivity index (χ4n) is 4.00. The van der Waals surface area contributed by atoms with Gasteiger partial charge in [-0.3, -0.25) is 14.4 Å². The molecule has 1 saturated carbocycles. The van der Waals surface area contributed by atoms with E-state index in [0.717, 1.165) is 56.6 Å². The molecule has 1 aliphatic rings. The summed E-state index contributed by atoms with van der Waals surface area (Å²) in [5.74, 6) is -3.03. The Kier molecular flexibility index (Phi) is 13.9. The van der Waals surface area contributed by atoms with Crippen LogP contribution in [0.5, 0.6) is 0 Å². The summed E-state index contributed by atoms with van der Waals surface area (Å²) in [5.41, 5.74) is -2.02. The molecule has 0 bridgehead atoms. The van der Waals surface area contributed by atoms with Gasteiger partial charge < -0.3 is 25.3 Å². The van der Waals surface area contributed by atoms with Gasteiger partial charge in [0.1, 0.15) is 0 Å². The van der Waals surface area contributed by atoms with Crippen LogP contribution in [0.4, 0.5) is 0 Å². The number of aliphatic hydroxyl groups is 1. The summed E-state index contributed by atoms with van der Waals surface area (Å²) in [6.07, 6.45) is 1.83. The number of ketones is 1. The summed E-state index contributed by atoms with van der Waals surface area (Å²) in [6.45, 7) is 7.70. The number of thioether (sulfide) groups is 1. The molecule has 208 valence electrons. The maximum atomic E-state index is 12.8. The van der Waals surface area contributed by atoms with Gasteiger partial charge in [0.05, 0.1) is 34.1 Å². The largest absolute Gasteiger partial charge is 0.481 e. The van der Waals surface area contributed by atoms with E-state index in [0.29, 0.717) is 21.6 Å². The molecule has 0 radical (unpaired) electrons. The lowest BCUT2D eigenvalue weighted by Gasteiger charge is -2.41. The van der Waals surface area contributed by atoms with Gasteiger partial charge in [0, 0.05) is 0 Å². The molecule has 0 heterocycles. The van der Waals surface area contributed by atoms with Crippen LogP contribution in [0.25, 0.3) is 0 Å². The van der Waals surface area contributed by atoms with Crippen LogP contribution in [0.1, 0.15) is 57.9 Å². The molecule has 1 fully saturated rings. The van der Waals surface area contributed by atoms with E-state index in [4.69, 9.17) is 43.6 Å². The van der Waals surface area contributed by atoms with E-state index in [9.17, 15) is 19.2 Å². The average molecular weight is 581 g/mol. The van der Waals surface area contributed by atoms with Gasteiger partial charge in [-0.15, -0.1) is 0 Å². The molecule has 2 rings (SSSR count). The van der Waals surface area contributed by atoms with E-state index in [1.54, 1.807) is 11.8 Å². The van der Waals surface area contributed by atoms with Gasteiger partial charge >= 0.3 is 17.9 Å². The fourth-order valence-corrected chi connectivity index (χ4v) is 5.24. The third kappa shape index (κ3) is 10.1. The third-order valence-electron chi connectivity index (χ3n) is 6.39. The van der Waals surface area contributed by atoms with E-state index in [2.05, 4.69) is 18.7 Å². The molecule has 1 aliphatic carbocycles. The Morgan fingerprint density at radius 3 is 1.97 bits per heavy atom. The lowest BCUT2D eigenvalue weighted by Crippen LogP contribution is -2.43. The predicted octanol–water partition coefficient (Wildman–Crippen LogP) is 4.20. The van der Waals surface area contributed by atoms with E-state index in [1.807, 2.05) is 18.2 Å². The van der Waals surface area contributed by atoms with Crippen LogP contribution in [0, 0.1) is 0 Å². The normalized spacial score (nSPS) is 14.3. The van der Waals surface area contributed by atoms with Crippen molar-refractivity contribution in [3.8, 4) is 0 Å².